The standard InChI is InChI=1S/C55H62F3N9O5/c1-33-24-45-41(47(10-16-60-45)66-21-15-44(59-3)52(58)55(66)72)26-40(33)32-62-17-13-37(14-18-62)51-42(56)27-39(28-43(51)57)54(71)64-19-11-35(12-20-64)31-65-23-22-63(29-34(65)2)30-36-4-6-46-38(25-36)5-9-50(69)67(46)48-7-8-49(68)61-53(48)70/h4,6,10,15-16,21,25-28,31,33-35,37,48H,5,7-9,11-14,17-20,22-24,29-30,32H2,1-3H3,(H-,59,61,68,70,72)/p+1/t33?,34-,48?/m0/s1. The Morgan fingerprint density at radius 3 is 2.35 bits per heavy atom. The largest absolute Gasteiger partial charge is 0.386 e. The Balaban J connectivity index is 0.706. The summed E-state index contributed by atoms with van der Waals surface area (Å²) in [6.45, 7) is 10.6. The highest BCUT2D eigenvalue weighted by Crippen LogP contribution is 2.37. The molecular weight excluding hydrogens is 924 g/mol. The van der Waals surface area contributed by atoms with Crippen molar-refractivity contribution in [2.45, 2.75) is 96.2 Å². The van der Waals surface area contributed by atoms with E-state index in [1.54, 1.807) is 35.3 Å². The van der Waals surface area contributed by atoms with Crippen LogP contribution in [-0.4, -0.2) is 130 Å². The first kappa shape index (κ1) is 49.1. The van der Waals surface area contributed by atoms with Crippen LogP contribution >= 0.6 is 0 Å². The second-order valence-electron chi connectivity index (χ2n) is 20.7. The molecular formula is C55H63F3N9O5+. The van der Waals surface area contributed by atoms with Gasteiger partial charge in [0.1, 0.15) is 23.9 Å². The Morgan fingerprint density at radius 2 is 1.62 bits per heavy atom. The molecule has 14 nitrogen and oxygen atoms in total. The quantitative estimate of drug-likeness (QED) is 0.143. The number of anilines is 2. The monoisotopic (exact) mass is 986 g/mol. The number of imide groups is 1. The number of aryl methyl sites for hydroxylation is 1. The summed E-state index contributed by atoms with van der Waals surface area (Å²) in [5.41, 5.74) is 5.74. The fourth-order valence-corrected chi connectivity index (χ4v) is 11.9. The van der Waals surface area contributed by atoms with Crippen LogP contribution in [0.4, 0.5) is 24.5 Å². The van der Waals surface area contributed by atoms with E-state index in [1.165, 1.54) is 22.8 Å². The molecule has 4 saturated heterocycles. The minimum Gasteiger partial charge on any atom is -0.386 e. The van der Waals surface area contributed by atoms with Gasteiger partial charge in [0.05, 0.1) is 30.2 Å². The third kappa shape index (κ3) is 9.89. The van der Waals surface area contributed by atoms with Crippen molar-refractivity contribution in [3.8, 4) is 5.69 Å². The van der Waals surface area contributed by atoms with Crippen LogP contribution in [0.5, 0.6) is 0 Å². The summed E-state index contributed by atoms with van der Waals surface area (Å²) in [5, 5.41) is 5.09. The van der Waals surface area contributed by atoms with Gasteiger partial charge in [0, 0.05) is 86.8 Å². The number of likely N-dealkylation sites (tertiary alicyclic amines) is 2. The molecule has 2 unspecified atom stereocenters. The van der Waals surface area contributed by atoms with Gasteiger partial charge in [-0.1, -0.05) is 30.7 Å². The molecule has 2 N–H and O–H groups in total. The SMILES string of the molecule is CNc1ccn(-c2ccnc3c2C=C(CN2CCC(c4c(F)cc(C(=O)N5CCC(C=[N+]6CCN(Cc7ccc8c(c7)CCC(=O)N8C7CCC(=O)NC7=O)C[C@@H]6C)CC5)cc4F)CC2)C(C)C3)c(=O)c1F. The van der Waals surface area contributed by atoms with Gasteiger partial charge in [0.25, 0.3) is 11.5 Å². The van der Waals surface area contributed by atoms with Gasteiger partial charge in [-0.3, -0.25) is 53.5 Å². The van der Waals surface area contributed by atoms with E-state index in [0.29, 0.717) is 76.9 Å². The molecule has 0 saturated carbocycles. The summed E-state index contributed by atoms with van der Waals surface area (Å²) in [7, 11) is 1.56. The molecule has 4 fully saturated rings. The van der Waals surface area contributed by atoms with E-state index < -0.39 is 35.0 Å². The van der Waals surface area contributed by atoms with Gasteiger partial charge >= 0.3 is 0 Å². The molecule has 1 aliphatic carbocycles. The number of nitrogens with one attached hydrogen (secondary N) is 2. The van der Waals surface area contributed by atoms with Crippen molar-refractivity contribution < 1.29 is 36.9 Å². The maximum atomic E-state index is 15.9. The number of carbonyl (C=O) groups excluding carboxylic acids is 4. The summed E-state index contributed by atoms with van der Waals surface area (Å²) in [4.78, 5) is 76.7. The summed E-state index contributed by atoms with van der Waals surface area (Å²) in [6.07, 6.45) is 12.4. The zero-order valence-corrected chi connectivity index (χ0v) is 41.3. The number of halogens is 3. The molecule has 5 aliphatic heterocycles. The average molecular weight is 987 g/mol. The molecule has 378 valence electrons. The topological polar surface area (TPSA) is 143 Å². The minimum atomic E-state index is -0.854. The first-order chi connectivity index (χ1) is 34.7. The normalized spacial score (nSPS) is 23.2. The molecule has 0 radical (unpaired) electrons. The minimum absolute atomic E-state index is 0.0350. The number of pyridine rings is 2. The number of piperazine rings is 1. The molecule has 2 aromatic carbocycles. The lowest BCUT2D eigenvalue weighted by molar-refractivity contribution is -0.572. The van der Waals surface area contributed by atoms with E-state index in [0.717, 1.165) is 72.7 Å². The fraction of sp³-hybridized carbons (Fsp3) is 0.473. The van der Waals surface area contributed by atoms with Crippen molar-refractivity contribution in [1.82, 2.24) is 29.6 Å². The first-order valence-electron chi connectivity index (χ1n) is 25.6. The Hall–Kier alpha value is -6.46. The molecule has 72 heavy (non-hydrogen) atoms. The molecule has 2 aromatic heterocycles. The van der Waals surface area contributed by atoms with E-state index in [2.05, 4.69) is 62.2 Å². The smallest absolute Gasteiger partial charge is 0.293 e. The van der Waals surface area contributed by atoms with E-state index in [9.17, 15) is 28.4 Å². The van der Waals surface area contributed by atoms with Gasteiger partial charge < -0.3 is 10.2 Å². The molecule has 10 rings (SSSR count). The van der Waals surface area contributed by atoms with Crippen molar-refractivity contribution in [2.24, 2.45) is 11.8 Å². The van der Waals surface area contributed by atoms with Gasteiger partial charge in [-0.15, -0.1) is 0 Å². The Kier molecular flexibility index (Phi) is 14.0. The number of benzene rings is 2. The maximum Gasteiger partial charge on any atom is 0.293 e. The van der Waals surface area contributed by atoms with E-state index in [-0.39, 0.29) is 64.8 Å². The van der Waals surface area contributed by atoms with Crippen LogP contribution in [0.15, 0.2) is 65.2 Å². The molecule has 3 atom stereocenters. The number of piperidine rings is 3. The van der Waals surface area contributed by atoms with Gasteiger partial charge in [0.15, 0.2) is 12.6 Å². The van der Waals surface area contributed by atoms with Gasteiger partial charge in [-0.2, -0.15) is 4.39 Å². The summed E-state index contributed by atoms with van der Waals surface area (Å²) in [5.74, 6) is -3.26. The lowest BCUT2D eigenvalue weighted by Gasteiger charge is -2.37. The lowest BCUT2D eigenvalue weighted by atomic mass is 9.84. The van der Waals surface area contributed by atoms with Crippen molar-refractivity contribution in [1.29, 1.82) is 0 Å². The third-order valence-corrected chi connectivity index (χ3v) is 16.0. The number of amides is 4. The molecule has 0 spiro atoms. The Bertz CT molecular complexity index is 2920. The summed E-state index contributed by atoms with van der Waals surface area (Å²) < 4.78 is 50.4. The second-order valence-corrected chi connectivity index (χ2v) is 20.7. The highest BCUT2D eigenvalue weighted by atomic mass is 19.1. The Labute approximate surface area is 417 Å². The summed E-state index contributed by atoms with van der Waals surface area (Å²) in [6, 6.07) is 11.4. The number of hydrogen-bond acceptors (Lipinski definition) is 9. The van der Waals surface area contributed by atoms with Gasteiger partial charge in [-0.25, -0.2) is 13.4 Å². The lowest BCUT2D eigenvalue weighted by Crippen LogP contribution is -2.55. The number of carbonyl (C=O) groups is 4. The Morgan fingerprint density at radius 1 is 0.861 bits per heavy atom. The number of hydrogen-bond donors (Lipinski definition) is 2. The van der Waals surface area contributed by atoms with Gasteiger partial charge in [-0.05, 0) is 118 Å². The van der Waals surface area contributed by atoms with Crippen molar-refractivity contribution in [3.63, 3.8) is 0 Å². The fourth-order valence-electron chi connectivity index (χ4n) is 11.9. The van der Waals surface area contributed by atoms with Crippen LogP contribution in [0.1, 0.15) is 103 Å². The van der Waals surface area contributed by atoms with Crippen LogP contribution in [-0.2, 0) is 33.8 Å². The van der Waals surface area contributed by atoms with Crippen LogP contribution < -0.4 is 21.1 Å². The highest BCUT2D eigenvalue weighted by Gasteiger charge is 2.39. The molecule has 6 aliphatic rings. The molecule has 4 aromatic rings. The predicted octanol–water partition coefficient (Wildman–Crippen LogP) is 6.07. The van der Waals surface area contributed by atoms with Crippen LogP contribution in [0.25, 0.3) is 11.8 Å². The zero-order valence-electron chi connectivity index (χ0n) is 41.3. The van der Waals surface area contributed by atoms with Crippen molar-refractivity contribution in [2.75, 3.05) is 69.6 Å². The number of nitrogens with zero attached hydrogens (tertiary/aromatic N) is 7. The van der Waals surface area contributed by atoms with Crippen LogP contribution in [0.2, 0.25) is 0 Å². The van der Waals surface area contributed by atoms with E-state index in [4.69, 9.17) is 0 Å². The first-order valence-corrected chi connectivity index (χ1v) is 25.6. The second kappa shape index (κ2) is 20.6. The van der Waals surface area contributed by atoms with Gasteiger partial charge in [0.2, 0.25) is 23.5 Å². The number of rotatable bonds is 10. The van der Waals surface area contributed by atoms with E-state index >= 15 is 8.78 Å². The number of aromatic nitrogens is 2. The van der Waals surface area contributed by atoms with Crippen LogP contribution in [0.3, 0.4) is 0 Å². The van der Waals surface area contributed by atoms with Crippen LogP contribution in [0, 0.1) is 29.3 Å². The summed E-state index contributed by atoms with van der Waals surface area (Å²) >= 11 is 0. The zero-order chi connectivity index (χ0) is 50.4. The average Bonchev–Trinajstić information content (AvgIpc) is 3.36. The molecule has 7 heterocycles. The third-order valence-electron chi connectivity index (χ3n) is 16.0. The van der Waals surface area contributed by atoms with Crippen molar-refractivity contribution >= 4 is 47.3 Å². The number of fused-ring (bicyclic) bond motifs is 2. The predicted molar refractivity (Wildman–Crippen MR) is 268 cm³/mol. The van der Waals surface area contributed by atoms with Crippen molar-refractivity contribution in [3.05, 3.63) is 122 Å². The van der Waals surface area contributed by atoms with E-state index in [1.807, 2.05) is 12.1 Å². The maximum absolute atomic E-state index is 15.9. The molecule has 4 amide bonds. The molecule has 0 bridgehead atoms. The molecule has 17 heteroatoms. The highest BCUT2D eigenvalue weighted by molar-refractivity contribution is 6.08.